The van der Waals surface area contributed by atoms with Crippen LogP contribution in [0.5, 0.6) is 11.5 Å². The molecule has 0 saturated carbocycles. The van der Waals surface area contributed by atoms with Crippen LogP contribution in [0.1, 0.15) is 47.0 Å². The summed E-state index contributed by atoms with van der Waals surface area (Å²) in [6, 6.07) is 5.84. The average molecular weight is 537 g/mol. The minimum absolute atomic E-state index is 0.0321. The Balaban J connectivity index is 2.46. The van der Waals surface area contributed by atoms with Gasteiger partial charge in [-0.25, -0.2) is 17.7 Å². The quantitative estimate of drug-likeness (QED) is 0.0982. The molecule has 0 aliphatic heterocycles. The number of benzene rings is 2. The van der Waals surface area contributed by atoms with Gasteiger partial charge in [-0.2, -0.15) is 13.9 Å². The van der Waals surface area contributed by atoms with Crippen molar-refractivity contribution in [3.63, 3.8) is 0 Å². The third kappa shape index (κ3) is 7.67. The second-order valence-electron chi connectivity index (χ2n) is 8.52. The first kappa shape index (κ1) is 29.6. The molecule has 12 heteroatoms. The van der Waals surface area contributed by atoms with Gasteiger partial charge >= 0.3 is 13.7 Å². The third-order valence-corrected chi connectivity index (χ3v) is 6.77. The van der Waals surface area contributed by atoms with Crippen molar-refractivity contribution in [2.45, 2.75) is 53.0 Å². The van der Waals surface area contributed by atoms with Crippen molar-refractivity contribution in [1.82, 2.24) is 5.09 Å². The van der Waals surface area contributed by atoms with E-state index in [1.54, 1.807) is 19.9 Å². The lowest BCUT2D eigenvalue weighted by molar-refractivity contribution is -0.147. The van der Waals surface area contributed by atoms with Gasteiger partial charge in [0, 0.05) is 0 Å². The smallest absolute Gasteiger partial charge is 0.464 e. The SMILES string of the molecule is CCC(CC)COC(=O)[C@H](CC(C)C)NP(=O)(Oc1ccccc1)Oc1c(F)c(F)c(F)c(F)c1F. The highest BCUT2D eigenvalue weighted by atomic mass is 31.2. The summed E-state index contributed by atoms with van der Waals surface area (Å²) in [4.78, 5) is 12.8. The molecule has 0 aliphatic rings. The molecule has 0 bridgehead atoms. The molecule has 1 N–H and O–H groups in total. The molecule has 2 atom stereocenters. The fourth-order valence-electron chi connectivity index (χ4n) is 3.17. The van der Waals surface area contributed by atoms with Crippen LogP contribution in [0, 0.1) is 40.9 Å². The highest BCUT2D eigenvalue weighted by molar-refractivity contribution is 7.52. The van der Waals surface area contributed by atoms with Crippen LogP contribution >= 0.6 is 7.75 Å². The normalized spacial score (nSPS) is 14.0. The molecule has 0 heterocycles. The topological polar surface area (TPSA) is 73.9 Å². The molecule has 1 unspecified atom stereocenters. The van der Waals surface area contributed by atoms with Crippen LogP contribution in [0.3, 0.4) is 0 Å². The van der Waals surface area contributed by atoms with Gasteiger partial charge in [0.25, 0.3) is 0 Å². The van der Waals surface area contributed by atoms with Gasteiger partial charge in [-0.05, 0) is 30.4 Å². The number of para-hydroxylation sites is 1. The number of esters is 1. The lowest BCUT2D eigenvalue weighted by Crippen LogP contribution is -2.40. The van der Waals surface area contributed by atoms with E-state index in [0.29, 0.717) is 0 Å². The Labute approximate surface area is 206 Å². The van der Waals surface area contributed by atoms with Crippen LogP contribution in [-0.4, -0.2) is 18.6 Å². The van der Waals surface area contributed by atoms with Crippen molar-refractivity contribution in [2.24, 2.45) is 11.8 Å². The highest BCUT2D eigenvalue weighted by Gasteiger charge is 2.39. The zero-order valence-electron chi connectivity index (χ0n) is 20.3. The van der Waals surface area contributed by atoms with Crippen LogP contribution in [0.2, 0.25) is 0 Å². The number of carbonyl (C=O) groups excluding carboxylic acids is 1. The van der Waals surface area contributed by atoms with E-state index in [9.17, 15) is 31.3 Å². The molecule has 36 heavy (non-hydrogen) atoms. The van der Waals surface area contributed by atoms with Crippen LogP contribution in [-0.2, 0) is 14.1 Å². The number of hydrogen-bond acceptors (Lipinski definition) is 5. The van der Waals surface area contributed by atoms with Crippen LogP contribution < -0.4 is 14.1 Å². The number of ether oxygens (including phenoxy) is 1. The summed E-state index contributed by atoms with van der Waals surface area (Å²) in [6.07, 6.45) is 1.51. The maximum Gasteiger partial charge on any atom is 0.513 e. The van der Waals surface area contributed by atoms with Gasteiger partial charge < -0.3 is 13.8 Å². The Morgan fingerprint density at radius 3 is 1.92 bits per heavy atom. The van der Waals surface area contributed by atoms with Gasteiger partial charge in [-0.15, -0.1) is 0 Å². The maximum atomic E-state index is 14.3. The molecule has 2 aromatic rings. The van der Waals surface area contributed by atoms with E-state index >= 15 is 0 Å². The number of halogens is 5. The van der Waals surface area contributed by atoms with Crippen LogP contribution in [0.25, 0.3) is 0 Å². The van der Waals surface area contributed by atoms with E-state index in [-0.39, 0.29) is 30.6 Å². The van der Waals surface area contributed by atoms with Crippen LogP contribution in [0.15, 0.2) is 30.3 Å². The molecule has 0 aromatic heterocycles. The van der Waals surface area contributed by atoms with Crippen molar-refractivity contribution in [3.8, 4) is 11.5 Å². The first-order valence-corrected chi connectivity index (χ1v) is 13.0. The monoisotopic (exact) mass is 537 g/mol. The largest absolute Gasteiger partial charge is 0.513 e. The summed E-state index contributed by atoms with van der Waals surface area (Å²) in [6.45, 7) is 7.41. The Morgan fingerprint density at radius 1 is 0.889 bits per heavy atom. The summed E-state index contributed by atoms with van der Waals surface area (Å²) in [5, 5.41) is 2.29. The lowest BCUT2D eigenvalue weighted by Gasteiger charge is -2.26. The van der Waals surface area contributed by atoms with E-state index in [2.05, 4.69) is 5.09 Å². The first-order chi connectivity index (χ1) is 16.9. The van der Waals surface area contributed by atoms with Crippen molar-refractivity contribution in [3.05, 3.63) is 59.4 Å². The molecule has 0 radical (unpaired) electrons. The zero-order chi connectivity index (χ0) is 27.0. The number of rotatable bonds is 13. The van der Waals surface area contributed by atoms with Crippen LogP contribution in [0.4, 0.5) is 22.0 Å². The second kappa shape index (κ2) is 13.1. The van der Waals surface area contributed by atoms with E-state index in [1.165, 1.54) is 24.3 Å². The van der Waals surface area contributed by atoms with Crippen molar-refractivity contribution < 1.29 is 45.1 Å². The predicted octanol–water partition coefficient (Wildman–Crippen LogP) is 6.93. The number of carbonyl (C=O) groups is 1. The fraction of sp³-hybridized carbons (Fsp3) is 0.458. The second-order valence-corrected chi connectivity index (χ2v) is 10.1. The summed E-state index contributed by atoms with van der Waals surface area (Å²) in [5.41, 5.74) is 0. The summed E-state index contributed by atoms with van der Waals surface area (Å²) in [7, 11) is -4.99. The van der Waals surface area contributed by atoms with Gasteiger partial charge in [-0.1, -0.05) is 58.7 Å². The molecule has 0 fully saturated rings. The minimum atomic E-state index is -4.99. The molecule has 200 valence electrons. The van der Waals surface area contributed by atoms with Gasteiger partial charge in [0.2, 0.25) is 34.8 Å². The summed E-state index contributed by atoms with van der Waals surface area (Å²) >= 11 is 0. The Hall–Kier alpha value is -2.65. The third-order valence-electron chi connectivity index (χ3n) is 5.27. The van der Waals surface area contributed by atoms with Gasteiger partial charge in [0.05, 0.1) is 6.61 Å². The fourth-order valence-corrected chi connectivity index (χ4v) is 4.70. The molecule has 0 amide bonds. The lowest BCUT2D eigenvalue weighted by atomic mass is 10.0. The van der Waals surface area contributed by atoms with Gasteiger partial charge in [0.1, 0.15) is 11.8 Å². The highest BCUT2D eigenvalue weighted by Crippen LogP contribution is 2.48. The molecular formula is C24H29F5NO5P. The molecule has 0 saturated heterocycles. The number of nitrogens with one attached hydrogen (secondary N) is 1. The zero-order valence-corrected chi connectivity index (χ0v) is 21.2. The molecule has 6 nitrogen and oxygen atoms in total. The average Bonchev–Trinajstić information content (AvgIpc) is 2.84. The van der Waals surface area contributed by atoms with E-state index in [1.807, 2.05) is 13.8 Å². The Kier molecular flexibility index (Phi) is 10.7. The summed E-state index contributed by atoms with van der Waals surface area (Å²) < 4.78 is 98.8. The molecule has 2 rings (SSSR count). The minimum Gasteiger partial charge on any atom is -0.464 e. The van der Waals surface area contributed by atoms with Gasteiger partial charge in [0.15, 0.2) is 0 Å². The maximum absolute atomic E-state index is 14.3. The predicted molar refractivity (Wildman–Crippen MR) is 123 cm³/mol. The Bertz CT molecular complexity index is 1050. The molecular weight excluding hydrogens is 508 g/mol. The van der Waals surface area contributed by atoms with Crippen molar-refractivity contribution >= 4 is 13.7 Å². The first-order valence-electron chi connectivity index (χ1n) is 11.4. The standard InChI is InChI=1S/C24H29F5NO5P/c1-5-15(6-2)13-33-24(31)17(12-14(3)4)30-36(32,34-16-10-8-7-9-11-16)35-23-21(28)19(26)18(25)20(27)22(23)29/h7-11,14-15,17H,5-6,12-13H2,1-4H3,(H,30,32)/t17-,36?/m0/s1. The van der Waals surface area contributed by atoms with Crippen molar-refractivity contribution in [1.29, 1.82) is 0 Å². The van der Waals surface area contributed by atoms with Crippen molar-refractivity contribution in [2.75, 3.05) is 6.61 Å². The van der Waals surface area contributed by atoms with Gasteiger partial charge in [-0.3, -0.25) is 4.79 Å². The summed E-state index contributed by atoms with van der Waals surface area (Å²) in [5.74, 6) is -14.5. The molecule has 0 aliphatic carbocycles. The Morgan fingerprint density at radius 2 is 1.42 bits per heavy atom. The van der Waals surface area contributed by atoms with E-state index < -0.39 is 54.6 Å². The number of hydrogen-bond donors (Lipinski definition) is 1. The molecule has 2 aromatic carbocycles. The van der Waals surface area contributed by atoms with E-state index in [0.717, 1.165) is 12.8 Å². The van der Waals surface area contributed by atoms with E-state index in [4.69, 9.17) is 13.8 Å². The molecule has 0 spiro atoms.